The number of sulfonamides is 1. The maximum absolute atomic E-state index is 13.6. The van der Waals surface area contributed by atoms with E-state index in [9.17, 15) is 12.8 Å². The zero-order chi connectivity index (χ0) is 14.6. The molecule has 1 atom stereocenters. The largest absolute Gasteiger partial charge is 0.313 e. The third kappa shape index (κ3) is 4.74. The maximum Gasteiger partial charge on any atom is 0.236 e. The van der Waals surface area contributed by atoms with Gasteiger partial charge in [0.2, 0.25) is 10.0 Å². The molecule has 1 unspecified atom stereocenters. The molecule has 0 aliphatic heterocycles. The van der Waals surface area contributed by atoms with Gasteiger partial charge >= 0.3 is 0 Å². The second-order valence-corrected chi connectivity index (χ2v) is 7.57. The first-order valence-electron chi connectivity index (χ1n) is 5.93. The third-order valence-electron chi connectivity index (χ3n) is 2.55. The Hall–Kier alpha value is -0.660. The Kier molecular flexibility index (Phi) is 5.76. The van der Waals surface area contributed by atoms with Crippen LogP contribution in [0.1, 0.15) is 20.8 Å². The summed E-state index contributed by atoms with van der Waals surface area (Å²) in [6, 6.07) is 4.48. The number of nitrogens with one attached hydrogen (secondary N) is 2. The zero-order valence-electron chi connectivity index (χ0n) is 11.1. The third-order valence-corrected chi connectivity index (χ3v) is 4.93. The molecule has 0 aliphatic rings. The first kappa shape index (κ1) is 16.4. The Bertz CT molecular complexity index is 514. The van der Waals surface area contributed by atoms with Crippen molar-refractivity contribution in [1.82, 2.24) is 5.32 Å². The molecule has 0 bridgehead atoms. The standard InChI is InChI=1S/C12H18BrFN2O2S/c1-8(2)15-7-9(3)19(17,18)16-12-10(13)5-4-6-11(12)14/h4-6,8-9,15-16H,7H2,1-3H3. The molecule has 1 rings (SSSR count). The van der Waals surface area contributed by atoms with E-state index in [1.807, 2.05) is 13.8 Å². The van der Waals surface area contributed by atoms with Gasteiger partial charge < -0.3 is 5.32 Å². The summed E-state index contributed by atoms with van der Waals surface area (Å²) in [5, 5.41) is 2.38. The molecule has 0 saturated heterocycles. The predicted molar refractivity (Wildman–Crippen MR) is 79.2 cm³/mol. The Morgan fingerprint density at radius 1 is 1.32 bits per heavy atom. The minimum Gasteiger partial charge on any atom is -0.313 e. The molecule has 0 spiro atoms. The van der Waals surface area contributed by atoms with E-state index in [4.69, 9.17) is 0 Å². The van der Waals surface area contributed by atoms with Gasteiger partial charge in [-0.25, -0.2) is 12.8 Å². The molecule has 19 heavy (non-hydrogen) atoms. The molecule has 108 valence electrons. The van der Waals surface area contributed by atoms with Crippen LogP contribution in [-0.4, -0.2) is 26.3 Å². The topological polar surface area (TPSA) is 58.2 Å². The van der Waals surface area contributed by atoms with Crippen LogP contribution in [0.25, 0.3) is 0 Å². The van der Waals surface area contributed by atoms with Gasteiger partial charge in [0.05, 0.1) is 10.9 Å². The molecular formula is C12H18BrFN2O2S. The highest BCUT2D eigenvalue weighted by Gasteiger charge is 2.23. The smallest absolute Gasteiger partial charge is 0.236 e. The predicted octanol–water partition coefficient (Wildman–Crippen LogP) is 2.72. The van der Waals surface area contributed by atoms with E-state index in [2.05, 4.69) is 26.0 Å². The van der Waals surface area contributed by atoms with Crippen molar-refractivity contribution in [3.8, 4) is 0 Å². The Morgan fingerprint density at radius 3 is 2.47 bits per heavy atom. The van der Waals surface area contributed by atoms with Crippen LogP contribution in [0, 0.1) is 5.82 Å². The van der Waals surface area contributed by atoms with E-state index in [1.165, 1.54) is 12.1 Å². The van der Waals surface area contributed by atoms with Crippen LogP contribution < -0.4 is 10.0 Å². The fourth-order valence-corrected chi connectivity index (χ4v) is 2.93. The van der Waals surface area contributed by atoms with E-state index >= 15 is 0 Å². The number of para-hydroxylation sites is 1. The molecule has 0 amide bonds. The van der Waals surface area contributed by atoms with Gasteiger partial charge in [-0.1, -0.05) is 19.9 Å². The molecular weight excluding hydrogens is 335 g/mol. The lowest BCUT2D eigenvalue weighted by Gasteiger charge is -2.17. The van der Waals surface area contributed by atoms with Crippen LogP contribution in [0.4, 0.5) is 10.1 Å². The lowest BCUT2D eigenvalue weighted by Crippen LogP contribution is -2.37. The van der Waals surface area contributed by atoms with E-state index in [0.717, 1.165) is 0 Å². The fourth-order valence-electron chi connectivity index (χ4n) is 1.35. The van der Waals surface area contributed by atoms with Gasteiger partial charge in [0, 0.05) is 17.1 Å². The molecule has 0 heterocycles. The summed E-state index contributed by atoms with van der Waals surface area (Å²) in [5.41, 5.74) is -0.0566. The molecule has 0 radical (unpaired) electrons. The second kappa shape index (κ2) is 6.67. The van der Waals surface area contributed by atoms with E-state index < -0.39 is 21.1 Å². The zero-order valence-corrected chi connectivity index (χ0v) is 13.5. The maximum atomic E-state index is 13.6. The quantitative estimate of drug-likeness (QED) is 0.827. The van der Waals surface area contributed by atoms with Gasteiger partial charge in [-0.05, 0) is 35.0 Å². The van der Waals surface area contributed by atoms with Crippen molar-refractivity contribution in [1.29, 1.82) is 0 Å². The molecule has 0 aliphatic carbocycles. The molecule has 0 saturated carbocycles. The summed E-state index contributed by atoms with van der Waals surface area (Å²) in [6.07, 6.45) is 0. The van der Waals surface area contributed by atoms with Crippen LogP contribution in [0.5, 0.6) is 0 Å². The van der Waals surface area contributed by atoms with Gasteiger partial charge in [-0.3, -0.25) is 4.72 Å². The molecule has 0 aromatic heterocycles. The number of hydrogen-bond acceptors (Lipinski definition) is 3. The Labute approximate surface area is 122 Å². The summed E-state index contributed by atoms with van der Waals surface area (Å²) in [4.78, 5) is 0. The Morgan fingerprint density at radius 2 is 1.95 bits per heavy atom. The van der Waals surface area contributed by atoms with Gasteiger partial charge in [-0.15, -0.1) is 0 Å². The summed E-state index contributed by atoms with van der Waals surface area (Å²) >= 11 is 3.13. The highest BCUT2D eigenvalue weighted by Crippen LogP contribution is 2.26. The summed E-state index contributed by atoms with van der Waals surface area (Å²) in [5.74, 6) is -0.609. The first-order valence-corrected chi connectivity index (χ1v) is 8.27. The SMILES string of the molecule is CC(C)NCC(C)S(=O)(=O)Nc1c(F)cccc1Br. The molecule has 2 N–H and O–H groups in total. The van der Waals surface area contributed by atoms with Crippen molar-refractivity contribution in [2.45, 2.75) is 32.1 Å². The number of anilines is 1. The molecule has 0 fully saturated rings. The molecule has 1 aromatic rings. The van der Waals surface area contributed by atoms with Gasteiger partial charge in [0.15, 0.2) is 0 Å². The molecule has 4 nitrogen and oxygen atoms in total. The van der Waals surface area contributed by atoms with Crippen molar-refractivity contribution < 1.29 is 12.8 Å². The number of halogens is 2. The van der Waals surface area contributed by atoms with Crippen LogP contribution in [0.15, 0.2) is 22.7 Å². The summed E-state index contributed by atoms with van der Waals surface area (Å²) in [6.45, 7) is 5.74. The molecule has 1 aromatic carbocycles. The van der Waals surface area contributed by atoms with Gasteiger partial charge in [-0.2, -0.15) is 0 Å². The van der Waals surface area contributed by atoms with E-state index in [0.29, 0.717) is 11.0 Å². The average molecular weight is 353 g/mol. The van der Waals surface area contributed by atoms with Crippen LogP contribution in [0.2, 0.25) is 0 Å². The van der Waals surface area contributed by atoms with E-state index in [-0.39, 0.29) is 11.7 Å². The highest BCUT2D eigenvalue weighted by molar-refractivity contribution is 9.10. The van der Waals surface area contributed by atoms with Crippen molar-refractivity contribution in [3.05, 3.63) is 28.5 Å². The minimum absolute atomic E-state index is 0.0566. The number of benzene rings is 1. The molecule has 7 heteroatoms. The van der Waals surface area contributed by atoms with Crippen molar-refractivity contribution in [2.75, 3.05) is 11.3 Å². The lowest BCUT2D eigenvalue weighted by molar-refractivity contribution is 0.553. The van der Waals surface area contributed by atoms with Gasteiger partial charge in [0.1, 0.15) is 5.82 Å². The van der Waals surface area contributed by atoms with E-state index in [1.54, 1.807) is 13.0 Å². The monoisotopic (exact) mass is 352 g/mol. The fraction of sp³-hybridized carbons (Fsp3) is 0.500. The van der Waals surface area contributed by atoms with Crippen molar-refractivity contribution >= 4 is 31.6 Å². The number of rotatable bonds is 6. The number of hydrogen-bond donors (Lipinski definition) is 2. The van der Waals surface area contributed by atoms with Crippen LogP contribution in [-0.2, 0) is 10.0 Å². The average Bonchev–Trinajstić information content (AvgIpc) is 2.31. The van der Waals surface area contributed by atoms with Crippen molar-refractivity contribution in [2.24, 2.45) is 0 Å². The van der Waals surface area contributed by atoms with Crippen LogP contribution in [0.3, 0.4) is 0 Å². The van der Waals surface area contributed by atoms with Gasteiger partial charge in [0.25, 0.3) is 0 Å². The highest BCUT2D eigenvalue weighted by atomic mass is 79.9. The normalized spacial score (nSPS) is 13.6. The summed E-state index contributed by atoms with van der Waals surface area (Å²) < 4.78 is 40.4. The van der Waals surface area contributed by atoms with Crippen LogP contribution >= 0.6 is 15.9 Å². The Balaban J connectivity index is 2.85. The first-order chi connectivity index (χ1) is 8.74. The summed E-state index contributed by atoms with van der Waals surface area (Å²) in [7, 11) is -3.64. The second-order valence-electron chi connectivity index (χ2n) is 4.62. The lowest BCUT2D eigenvalue weighted by atomic mass is 10.3. The minimum atomic E-state index is -3.64. The van der Waals surface area contributed by atoms with Crippen molar-refractivity contribution in [3.63, 3.8) is 0 Å².